The van der Waals surface area contributed by atoms with E-state index in [4.69, 9.17) is 16.3 Å². The molecule has 1 aliphatic heterocycles. The van der Waals surface area contributed by atoms with Gasteiger partial charge >= 0.3 is 6.18 Å². The van der Waals surface area contributed by atoms with E-state index in [2.05, 4.69) is 4.98 Å². The van der Waals surface area contributed by atoms with Crippen LogP contribution in [-0.4, -0.2) is 24.3 Å². The van der Waals surface area contributed by atoms with Crippen LogP contribution in [0.25, 0.3) is 10.9 Å². The molecule has 0 saturated heterocycles. The molecule has 0 unspecified atom stereocenters. The van der Waals surface area contributed by atoms with Crippen molar-refractivity contribution in [1.29, 1.82) is 0 Å². The molecule has 9 heteroatoms. The Morgan fingerprint density at radius 3 is 2.82 bits per heavy atom. The van der Waals surface area contributed by atoms with Gasteiger partial charge in [-0.05, 0) is 18.7 Å². The van der Waals surface area contributed by atoms with Crippen LogP contribution in [0.1, 0.15) is 0 Å². The number of ether oxygens (including phenoxy) is 1. The number of rotatable bonds is 1. The first kappa shape index (κ1) is 17.1. The number of benzene rings is 1. The Bertz CT molecular complexity index is 763. The van der Waals surface area contributed by atoms with Gasteiger partial charge in [-0.15, -0.1) is 0 Å². The minimum Gasteiger partial charge on any atom is -0.521 e. The summed E-state index contributed by atoms with van der Waals surface area (Å²) in [6, 6.07) is 4.14. The molecule has 1 aromatic carbocycles. The number of hydrogen-bond acceptors (Lipinski definition) is 3. The number of anilines is 1. The van der Waals surface area contributed by atoms with E-state index >= 15 is 0 Å². The summed E-state index contributed by atoms with van der Waals surface area (Å²) in [6.45, 7) is 0.203. The third-order valence-electron chi connectivity index (χ3n) is 3.07. The smallest absolute Gasteiger partial charge is 0.403 e. The van der Waals surface area contributed by atoms with Crippen LogP contribution in [0.4, 0.5) is 18.9 Å². The molecule has 119 valence electrons. The number of halogens is 4. The minimum atomic E-state index is -4.34. The van der Waals surface area contributed by atoms with E-state index in [9.17, 15) is 18.0 Å². The molecule has 0 aliphatic carbocycles. The Hall–Kier alpha value is -1.23. The number of nitrogens with one attached hydrogen (secondary N) is 1. The number of aromatic nitrogens is 1. The molecule has 0 fully saturated rings. The van der Waals surface area contributed by atoms with Crippen LogP contribution in [-0.2, 0) is 20.4 Å². The molecule has 0 saturated carbocycles. The van der Waals surface area contributed by atoms with Gasteiger partial charge < -0.3 is 14.6 Å². The van der Waals surface area contributed by atoms with Gasteiger partial charge in [0.2, 0.25) is 5.56 Å². The topological polar surface area (TPSA) is 45.3 Å². The second-order valence-corrected chi connectivity index (χ2v) is 4.96. The fourth-order valence-corrected chi connectivity index (χ4v) is 2.58. The predicted octanol–water partition coefficient (Wildman–Crippen LogP) is 3.10. The molecule has 0 atom stereocenters. The van der Waals surface area contributed by atoms with E-state index in [1.54, 1.807) is 0 Å². The van der Waals surface area contributed by atoms with Gasteiger partial charge in [-0.1, -0.05) is 11.6 Å². The summed E-state index contributed by atoms with van der Waals surface area (Å²) in [6.07, 6.45) is -4.34. The first-order valence-electron chi connectivity index (χ1n) is 6.00. The molecule has 2 aromatic rings. The van der Waals surface area contributed by atoms with Gasteiger partial charge in [0, 0.05) is 26.5 Å². The first-order valence-corrected chi connectivity index (χ1v) is 6.38. The van der Waals surface area contributed by atoms with E-state index in [1.807, 2.05) is 0 Å². The molecule has 1 aromatic heterocycles. The maximum atomic E-state index is 12.6. The van der Waals surface area contributed by atoms with Crippen LogP contribution >= 0.6 is 11.6 Å². The molecule has 0 spiro atoms. The van der Waals surface area contributed by atoms with Gasteiger partial charge in [-0.3, -0.25) is 4.79 Å². The monoisotopic (exact) mass is 504 g/mol. The molecule has 1 radical (unpaired) electrons. The summed E-state index contributed by atoms with van der Waals surface area (Å²) in [5.41, 5.74) is 0.294. The zero-order valence-corrected chi connectivity index (χ0v) is 14.3. The Balaban J connectivity index is 0.00000176. The average molecular weight is 504 g/mol. The quantitative estimate of drug-likeness (QED) is 0.608. The third kappa shape index (κ3) is 3.24. The summed E-state index contributed by atoms with van der Waals surface area (Å²) < 4.78 is 43.2. The molecule has 22 heavy (non-hydrogen) atoms. The number of pyridine rings is 1. The number of H-pyrrole nitrogens is 1. The maximum absolute atomic E-state index is 12.6. The Labute approximate surface area is 141 Å². The van der Waals surface area contributed by atoms with Crippen molar-refractivity contribution in [3.05, 3.63) is 40.1 Å². The zero-order valence-electron chi connectivity index (χ0n) is 10.9. The maximum Gasteiger partial charge on any atom is 0.403 e. The van der Waals surface area contributed by atoms with E-state index in [1.165, 1.54) is 24.7 Å². The largest absolute Gasteiger partial charge is 0.521 e. The summed E-state index contributed by atoms with van der Waals surface area (Å²) in [4.78, 5) is 15.0. The van der Waals surface area contributed by atoms with Crippen LogP contribution in [0, 0.1) is 6.54 Å². The normalized spacial score (nSPS) is 14.3. The summed E-state index contributed by atoms with van der Waals surface area (Å²) in [5, 5.41) is 0.536. The van der Waals surface area contributed by atoms with Crippen LogP contribution in [0.15, 0.2) is 23.0 Å². The predicted molar refractivity (Wildman–Crippen MR) is 72.8 cm³/mol. The summed E-state index contributed by atoms with van der Waals surface area (Å²) in [7, 11) is 0. The Morgan fingerprint density at radius 1 is 1.41 bits per heavy atom. The fourth-order valence-electron chi connectivity index (χ4n) is 2.29. The second kappa shape index (κ2) is 6.11. The zero-order chi connectivity index (χ0) is 15.2. The fraction of sp³-hybridized carbons (Fsp3) is 0.231. The van der Waals surface area contributed by atoms with Gasteiger partial charge in [0.05, 0.1) is 28.2 Å². The van der Waals surface area contributed by atoms with Crippen molar-refractivity contribution in [3.8, 4) is 5.75 Å². The molecular weight excluding hydrogens is 495 g/mol. The van der Waals surface area contributed by atoms with Crippen molar-refractivity contribution in [1.82, 2.24) is 4.98 Å². The van der Waals surface area contributed by atoms with Gasteiger partial charge in [-0.25, -0.2) is 6.54 Å². The Morgan fingerprint density at radius 2 is 2.14 bits per heavy atom. The van der Waals surface area contributed by atoms with Crippen molar-refractivity contribution in [2.45, 2.75) is 6.18 Å². The molecular formula is C13H9ClF3N2O2Re-. The molecule has 2 heterocycles. The van der Waals surface area contributed by atoms with Crippen LogP contribution in [0.5, 0.6) is 5.75 Å². The molecule has 4 nitrogen and oxygen atoms in total. The van der Waals surface area contributed by atoms with Gasteiger partial charge in [-0.2, -0.15) is 13.2 Å². The third-order valence-corrected chi connectivity index (χ3v) is 3.37. The van der Waals surface area contributed by atoms with E-state index < -0.39 is 12.7 Å². The second-order valence-electron chi connectivity index (χ2n) is 4.55. The van der Waals surface area contributed by atoms with Crippen molar-refractivity contribution in [2.75, 3.05) is 18.1 Å². The minimum absolute atomic E-state index is 0. The summed E-state index contributed by atoms with van der Waals surface area (Å²) >= 11 is 6.03. The van der Waals surface area contributed by atoms with Crippen molar-refractivity contribution >= 4 is 28.2 Å². The van der Waals surface area contributed by atoms with E-state index in [0.29, 0.717) is 10.9 Å². The van der Waals surface area contributed by atoms with Crippen molar-refractivity contribution in [3.63, 3.8) is 0 Å². The van der Waals surface area contributed by atoms with Gasteiger partial charge in [0.25, 0.3) is 0 Å². The molecule has 1 aliphatic rings. The average Bonchev–Trinajstić information content (AvgIpc) is 2.36. The van der Waals surface area contributed by atoms with Crippen LogP contribution in [0.2, 0.25) is 5.02 Å². The number of aromatic amines is 1. The molecule has 0 bridgehead atoms. The molecule has 1 N–H and O–H groups in total. The van der Waals surface area contributed by atoms with Crippen LogP contribution in [0.3, 0.4) is 0 Å². The standard InChI is InChI=1S/C13H9ClF3N2O2.Re/c14-7-5-10(20)18-8-1-2-9-12(11(7)8)21-4-3-19(9)6-13(15,16)17;/h1-3,5H,4,6H2,(H,18,20);/q-1;. The van der Waals surface area contributed by atoms with Crippen molar-refractivity contribution < 1.29 is 38.3 Å². The van der Waals surface area contributed by atoms with Gasteiger partial charge in [0.1, 0.15) is 5.75 Å². The SMILES string of the molecule is O=c1cc(Cl)c2c3c(ccc2[nH]1)N(CC(F)(F)F)[CH-]CO3.[Re]. The number of alkyl halides is 3. The Kier molecular flexibility index (Phi) is 4.76. The molecule has 0 amide bonds. The van der Waals surface area contributed by atoms with Gasteiger partial charge in [0.15, 0.2) is 0 Å². The van der Waals surface area contributed by atoms with Crippen LogP contribution < -0.4 is 15.2 Å². The van der Waals surface area contributed by atoms with E-state index in [0.717, 1.165) is 4.90 Å². The van der Waals surface area contributed by atoms with Crippen molar-refractivity contribution in [2.24, 2.45) is 0 Å². The number of fused-ring (bicyclic) bond motifs is 3. The number of nitrogens with zero attached hydrogens (tertiary/aromatic N) is 1. The number of hydrogen-bond donors (Lipinski definition) is 1. The first-order chi connectivity index (χ1) is 9.85. The van der Waals surface area contributed by atoms with E-state index in [-0.39, 0.29) is 49.0 Å². The summed E-state index contributed by atoms with van der Waals surface area (Å²) in [5.74, 6) is 0.237. The molecule has 3 rings (SSSR count).